The maximum absolute atomic E-state index is 13.6. The van der Waals surface area contributed by atoms with Crippen LogP contribution in [0.15, 0.2) is 12.1 Å². The maximum Gasteiger partial charge on any atom is 0.272 e. The highest BCUT2D eigenvalue weighted by molar-refractivity contribution is 5.44. The van der Waals surface area contributed by atoms with Gasteiger partial charge in [0.25, 0.3) is 5.69 Å². The highest BCUT2D eigenvalue weighted by Gasteiger charge is 2.24. The van der Waals surface area contributed by atoms with Crippen molar-refractivity contribution >= 4 is 5.69 Å². The molecule has 0 aromatic heterocycles. The van der Waals surface area contributed by atoms with Crippen molar-refractivity contribution in [2.45, 2.75) is 19.1 Å². The van der Waals surface area contributed by atoms with Crippen LogP contribution in [0.2, 0.25) is 0 Å². The molecule has 0 amide bonds. The molecular weight excluding hydrogens is 243 g/mol. The molecule has 0 fully saturated rings. The molecule has 2 unspecified atom stereocenters. The molecule has 0 spiro atoms. The van der Waals surface area contributed by atoms with Crippen LogP contribution in [-0.2, 0) is 0 Å². The lowest BCUT2D eigenvalue weighted by molar-refractivity contribution is -0.385. The Hall–Kier alpha value is -1.57. The Morgan fingerprint density at radius 2 is 2.11 bits per heavy atom. The number of hydrogen-bond acceptors (Lipinski definition) is 5. The van der Waals surface area contributed by atoms with E-state index in [0.29, 0.717) is 0 Å². The molecule has 0 saturated heterocycles. The van der Waals surface area contributed by atoms with Gasteiger partial charge in [-0.25, -0.2) is 4.39 Å². The Bertz CT molecular complexity index is 453. The van der Waals surface area contributed by atoms with Gasteiger partial charge in [-0.3, -0.25) is 10.1 Å². The molecule has 0 radical (unpaired) electrons. The first-order valence-corrected chi connectivity index (χ1v) is 5.33. The third kappa shape index (κ3) is 3.00. The Labute approximate surface area is 103 Å². The molecule has 1 aromatic rings. The summed E-state index contributed by atoms with van der Waals surface area (Å²) in [5.74, 6) is -0.777. The van der Waals surface area contributed by atoms with Crippen LogP contribution in [0.5, 0.6) is 0 Å². The normalized spacial score (nSPS) is 14.3. The molecule has 18 heavy (non-hydrogen) atoms. The molecule has 1 rings (SSSR count). The highest BCUT2D eigenvalue weighted by Crippen LogP contribution is 2.27. The Balaban J connectivity index is 3.15. The summed E-state index contributed by atoms with van der Waals surface area (Å²) in [6.45, 7) is 1.45. The largest absolute Gasteiger partial charge is 0.389 e. The fraction of sp³-hybridized carbons (Fsp3) is 0.455. The van der Waals surface area contributed by atoms with E-state index in [4.69, 9.17) is 0 Å². The summed E-state index contributed by atoms with van der Waals surface area (Å²) in [5.41, 5.74) is -0.409. The first-order valence-electron chi connectivity index (χ1n) is 5.33. The number of benzene rings is 1. The van der Waals surface area contributed by atoms with Crippen molar-refractivity contribution in [2.24, 2.45) is 0 Å². The lowest BCUT2D eigenvalue weighted by atomic mass is 10.0. The van der Waals surface area contributed by atoms with Crippen LogP contribution in [0.3, 0.4) is 0 Å². The van der Waals surface area contributed by atoms with E-state index in [2.05, 4.69) is 5.32 Å². The first kappa shape index (κ1) is 14.5. The van der Waals surface area contributed by atoms with Gasteiger partial charge in [0.2, 0.25) is 0 Å². The van der Waals surface area contributed by atoms with Crippen molar-refractivity contribution in [3.8, 4) is 0 Å². The summed E-state index contributed by atoms with van der Waals surface area (Å²) in [4.78, 5) is 10.1. The summed E-state index contributed by atoms with van der Waals surface area (Å²) < 4.78 is 13.6. The van der Waals surface area contributed by atoms with E-state index in [-0.39, 0.29) is 23.4 Å². The van der Waals surface area contributed by atoms with Crippen LogP contribution in [0.4, 0.5) is 10.1 Å². The van der Waals surface area contributed by atoms with Gasteiger partial charge in [0, 0.05) is 23.7 Å². The van der Waals surface area contributed by atoms with Crippen LogP contribution in [0, 0.1) is 22.9 Å². The molecule has 0 aliphatic carbocycles. The number of nitrogens with zero attached hydrogens (tertiary/aromatic N) is 1. The maximum atomic E-state index is 13.6. The second-order valence-corrected chi connectivity index (χ2v) is 3.99. The number of nitrogens with one attached hydrogen (secondary N) is 1. The monoisotopic (exact) mass is 258 g/mol. The van der Waals surface area contributed by atoms with E-state index in [0.717, 1.165) is 12.1 Å². The predicted octanol–water partition coefficient (Wildman–Crippen LogP) is 0.656. The minimum atomic E-state index is -1.52. The lowest BCUT2D eigenvalue weighted by Crippen LogP contribution is -2.30. The van der Waals surface area contributed by atoms with Gasteiger partial charge in [-0.15, -0.1) is 0 Å². The SMILES string of the molecule is CNCC(O)C(O)c1cc([N+](=O)[O-])c(C)cc1F. The molecule has 1 aromatic carbocycles. The number of rotatable bonds is 5. The van der Waals surface area contributed by atoms with Crippen molar-refractivity contribution in [3.05, 3.63) is 39.2 Å². The smallest absolute Gasteiger partial charge is 0.272 e. The average Bonchev–Trinajstić information content (AvgIpc) is 2.28. The quantitative estimate of drug-likeness (QED) is 0.532. The molecule has 0 heterocycles. The zero-order chi connectivity index (χ0) is 13.9. The van der Waals surface area contributed by atoms with Crippen molar-refractivity contribution in [2.75, 3.05) is 13.6 Å². The molecule has 100 valence electrons. The predicted molar refractivity (Wildman–Crippen MR) is 62.7 cm³/mol. The topological polar surface area (TPSA) is 95.6 Å². The van der Waals surface area contributed by atoms with Crippen LogP contribution < -0.4 is 5.32 Å². The third-order valence-corrected chi connectivity index (χ3v) is 2.61. The van der Waals surface area contributed by atoms with Gasteiger partial charge in [-0.05, 0) is 20.0 Å². The number of aliphatic hydroxyl groups excluding tert-OH is 2. The summed E-state index contributed by atoms with van der Waals surface area (Å²) in [5, 5.41) is 32.6. The van der Waals surface area contributed by atoms with Crippen LogP contribution in [0.1, 0.15) is 17.2 Å². The van der Waals surface area contributed by atoms with Gasteiger partial charge >= 0.3 is 0 Å². The number of hydrogen-bond donors (Lipinski definition) is 3. The summed E-state index contributed by atoms with van der Waals surface area (Å²) >= 11 is 0. The van der Waals surface area contributed by atoms with E-state index in [9.17, 15) is 24.7 Å². The summed E-state index contributed by atoms with van der Waals surface area (Å²) in [7, 11) is 1.56. The van der Waals surface area contributed by atoms with Crippen LogP contribution in [0.25, 0.3) is 0 Å². The van der Waals surface area contributed by atoms with E-state index >= 15 is 0 Å². The molecule has 6 nitrogen and oxygen atoms in total. The number of nitro groups is 1. The van der Waals surface area contributed by atoms with E-state index in [1.54, 1.807) is 7.05 Å². The zero-order valence-corrected chi connectivity index (χ0v) is 10.1. The molecule has 3 N–H and O–H groups in total. The van der Waals surface area contributed by atoms with Gasteiger partial charge in [0.1, 0.15) is 11.9 Å². The number of likely N-dealkylation sites (N-methyl/N-ethyl adjacent to an activating group) is 1. The van der Waals surface area contributed by atoms with Crippen molar-refractivity contribution in [1.82, 2.24) is 5.32 Å². The first-order chi connectivity index (χ1) is 8.38. The van der Waals surface area contributed by atoms with Gasteiger partial charge in [0.15, 0.2) is 0 Å². The molecule has 7 heteroatoms. The Morgan fingerprint density at radius 3 is 2.61 bits per heavy atom. The van der Waals surface area contributed by atoms with E-state index in [1.165, 1.54) is 6.92 Å². The molecule has 2 atom stereocenters. The van der Waals surface area contributed by atoms with E-state index in [1.807, 2.05) is 0 Å². The van der Waals surface area contributed by atoms with E-state index < -0.39 is 22.9 Å². The molecule has 0 bridgehead atoms. The molecule has 0 saturated carbocycles. The summed E-state index contributed by atoms with van der Waals surface area (Å²) in [6.07, 6.45) is -2.76. The number of aliphatic hydroxyl groups is 2. The Kier molecular flexibility index (Phi) is 4.71. The number of halogens is 1. The second-order valence-electron chi connectivity index (χ2n) is 3.99. The van der Waals surface area contributed by atoms with Gasteiger partial charge < -0.3 is 15.5 Å². The standard InChI is InChI=1S/C11H15FN2O4/c1-6-3-8(12)7(4-9(6)14(17)18)11(16)10(15)5-13-2/h3-4,10-11,13,15-16H,5H2,1-2H3. The lowest BCUT2D eigenvalue weighted by Gasteiger charge is -2.18. The Morgan fingerprint density at radius 1 is 1.50 bits per heavy atom. The number of aryl methyl sites for hydroxylation is 1. The third-order valence-electron chi connectivity index (χ3n) is 2.61. The van der Waals surface area contributed by atoms with Crippen LogP contribution >= 0.6 is 0 Å². The zero-order valence-electron chi connectivity index (χ0n) is 10.1. The minimum Gasteiger partial charge on any atom is -0.389 e. The number of nitro benzene ring substituents is 1. The second kappa shape index (κ2) is 5.85. The highest BCUT2D eigenvalue weighted by atomic mass is 19.1. The fourth-order valence-corrected chi connectivity index (χ4v) is 1.63. The molecule has 0 aliphatic heterocycles. The van der Waals surface area contributed by atoms with Crippen molar-refractivity contribution < 1.29 is 19.5 Å². The van der Waals surface area contributed by atoms with Crippen molar-refractivity contribution in [3.63, 3.8) is 0 Å². The fourth-order valence-electron chi connectivity index (χ4n) is 1.63. The average molecular weight is 258 g/mol. The van der Waals surface area contributed by atoms with Crippen LogP contribution in [-0.4, -0.2) is 34.8 Å². The minimum absolute atomic E-state index is 0.0439. The van der Waals surface area contributed by atoms with Gasteiger partial charge in [0.05, 0.1) is 11.0 Å². The molecular formula is C11H15FN2O4. The van der Waals surface area contributed by atoms with Gasteiger partial charge in [-0.1, -0.05) is 0 Å². The molecule has 0 aliphatic rings. The van der Waals surface area contributed by atoms with Gasteiger partial charge in [-0.2, -0.15) is 0 Å². The summed E-state index contributed by atoms with van der Waals surface area (Å²) in [6, 6.07) is 1.93. The van der Waals surface area contributed by atoms with Crippen molar-refractivity contribution in [1.29, 1.82) is 0 Å².